The average molecular weight is 475 g/mol. The van der Waals surface area contributed by atoms with Gasteiger partial charge in [0.1, 0.15) is 0 Å². The van der Waals surface area contributed by atoms with Crippen LogP contribution in [-0.4, -0.2) is 0 Å². The van der Waals surface area contributed by atoms with E-state index >= 15 is 0 Å². The molecule has 0 aliphatic rings. The number of rotatable bonds is 8. The molecular weight excluding hydrogens is 450 g/mol. The lowest BCUT2D eigenvalue weighted by Crippen LogP contribution is -2.17. The van der Waals surface area contributed by atoms with Crippen LogP contribution >= 0.6 is 16.1 Å². The van der Waals surface area contributed by atoms with Gasteiger partial charge in [-0.2, -0.15) is 0 Å². The van der Waals surface area contributed by atoms with E-state index in [0.717, 1.165) is 11.4 Å². The minimum absolute atomic E-state index is 0.780. The van der Waals surface area contributed by atoms with Gasteiger partial charge in [-0.25, -0.2) is 0 Å². The maximum absolute atomic E-state index is 5.35. The van der Waals surface area contributed by atoms with Crippen LogP contribution in [0.4, 0.5) is 11.4 Å². The molecule has 0 unspecified atom stereocenters. The quantitative estimate of drug-likeness (QED) is 0.236. The topological polar surface area (TPSA) is 26.1 Å². The van der Waals surface area contributed by atoms with Crippen LogP contribution in [0, 0.1) is 0 Å². The molecule has 0 amide bonds. The van der Waals surface area contributed by atoms with Crippen molar-refractivity contribution in [1.29, 1.82) is 0 Å². The molecular formula is C30H25N2P2-. The molecule has 0 spiro atoms. The molecule has 5 aromatic rings. The standard InChI is InChI=1S/C30H25N2P2/c1-5-15-25(16-6-1)33(26-17-7-2-8-18-26)31-29-23-13-14-24-30(29)32-34(27-19-9-3-10-20-27)28-21-11-4-12-22-28/h1-24,31H/q-1. The fourth-order valence-corrected chi connectivity index (χ4v) is 7.47. The first-order chi connectivity index (χ1) is 16.9. The van der Waals surface area contributed by atoms with Gasteiger partial charge in [-0.3, -0.25) is 0 Å². The molecule has 0 atom stereocenters. The van der Waals surface area contributed by atoms with Crippen molar-refractivity contribution in [2.45, 2.75) is 0 Å². The summed E-state index contributed by atoms with van der Waals surface area (Å²) in [6.07, 6.45) is 0. The average Bonchev–Trinajstić information content (AvgIpc) is 2.93. The first kappa shape index (κ1) is 22.4. The second-order valence-corrected chi connectivity index (χ2v) is 11.5. The Balaban J connectivity index is 1.51. The molecule has 5 rings (SSSR count). The lowest BCUT2D eigenvalue weighted by Gasteiger charge is -2.37. The monoisotopic (exact) mass is 475 g/mol. The predicted octanol–water partition coefficient (Wildman–Crippen LogP) is 7.20. The summed E-state index contributed by atoms with van der Waals surface area (Å²) in [6, 6.07) is 51.0. The molecule has 1 N–H and O–H groups in total. The maximum atomic E-state index is 5.35. The second-order valence-electron chi connectivity index (χ2n) is 7.72. The number of hydrogen-bond donors (Lipinski definition) is 1. The van der Waals surface area contributed by atoms with Crippen LogP contribution in [0.3, 0.4) is 0 Å². The number of nitrogens with one attached hydrogen (secondary N) is 1. The Hall–Kier alpha value is -3.44. The highest BCUT2D eigenvalue weighted by Crippen LogP contribution is 2.51. The van der Waals surface area contributed by atoms with Crippen molar-refractivity contribution in [3.8, 4) is 0 Å². The molecule has 4 heteroatoms. The molecule has 0 aliphatic carbocycles. The van der Waals surface area contributed by atoms with Crippen molar-refractivity contribution >= 4 is 48.7 Å². The molecule has 0 fully saturated rings. The van der Waals surface area contributed by atoms with E-state index < -0.39 is 16.1 Å². The molecule has 0 bridgehead atoms. The van der Waals surface area contributed by atoms with Crippen LogP contribution in [0.1, 0.15) is 0 Å². The fourth-order valence-electron chi connectivity index (χ4n) is 3.72. The third-order valence-electron chi connectivity index (χ3n) is 5.37. The summed E-state index contributed by atoms with van der Waals surface area (Å²) in [7, 11) is -1.66. The van der Waals surface area contributed by atoms with Crippen LogP contribution in [0.2, 0.25) is 0 Å². The highest BCUT2D eigenvalue weighted by atomic mass is 31.1. The molecule has 0 heterocycles. The van der Waals surface area contributed by atoms with Gasteiger partial charge >= 0.3 is 0 Å². The largest absolute Gasteiger partial charge is 0.651 e. The summed E-state index contributed by atoms with van der Waals surface area (Å²) in [5.74, 6) is 0. The zero-order valence-electron chi connectivity index (χ0n) is 18.7. The van der Waals surface area contributed by atoms with E-state index in [1.54, 1.807) is 0 Å². The number of para-hydroxylation sites is 1. The maximum Gasteiger partial charge on any atom is 0.0522 e. The van der Waals surface area contributed by atoms with Crippen molar-refractivity contribution in [3.05, 3.63) is 151 Å². The van der Waals surface area contributed by atoms with Gasteiger partial charge in [-0.1, -0.05) is 140 Å². The molecule has 0 aromatic heterocycles. The van der Waals surface area contributed by atoms with Crippen LogP contribution < -0.4 is 26.3 Å². The second kappa shape index (κ2) is 11.1. The molecule has 166 valence electrons. The van der Waals surface area contributed by atoms with Gasteiger partial charge in [-0.05, 0) is 16.7 Å². The fraction of sp³-hybridized carbons (Fsp3) is 0. The first-order valence-electron chi connectivity index (χ1n) is 11.3. The molecule has 2 nitrogen and oxygen atoms in total. The number of benzene rings is 5. The van der Waals surface area contributed by atoms with Crippen molar-refractivity contribution in [2.24, 2.45) is 0 Å². The highest BCUT2D eigenvalue weighted by molar-refractivity contribution is 7.76. The van der Waals surface area contributed by atoms with E-state index in [2.05, 4.69) is 151 Å². The predicted molar refractivity (Wildman–Crippen MR) is 151 cm³/mol. The molecule has 0 aliphatic heterocycles. The van der Waals surface area contributed by atoms with Crippen molar-refractivity contribution in [3.63, 3.8) is 0 Å². The van der Waals surface area contributed by atoms with Gasteiger partial charge in [0.25, 0.3) is 0 Å². The number of nitrogens with zero attached hydrogens (tertiary/aromatic N) is 1. The van der Waals surface area contributed by atoms with Crippen LogP contribution in [-0.2, 0) is 0 Å². The Morgan fingerprint density at radius 2 is 0.794 bits per heavy atom. The molecule has 0 radical (unpaired) electrons. The SMILES string of the molecule is c1ccc(P([N-]c2ccccc2NP(c2ccccc2)c2ccccc2)c2ccccc2)cc1. The smallest absolute Gasteiger partial charge is 0.0522 e. The Kier molecular flexibility index (Phi) is 7.31. The molecule has 5 aromatic carbocycles. The van der Waals surface area contributed by atoms with Crippen molar-refractivity contribution < 1.29 is 0 Å². The zero-order chi connectivity index (χ0) is 23.0. The minimum Gasteiger partial charge on any atom is -0.651 e. The van der Waals surface area contributed by atoms with E-state index in [1.807, 2.05) is 0 Å². The van der Waals surface area contributed by atoms with Gasteiger partial charge in [0.2, 0.25) is 0 Å². The van der Waals surface area contributed by atoms with E-state index in [-0.39, 0.29) is 0 Å². The van der Waals surface area contributed by atoms with Gasteiger partial charge in [0, 0.05) is 16.3 Å². The summed E-state index contributed by atoms with van der Waals surface area (Å²) in [4.78, 5) is 0. The summed E-state index contributed by atoms with van der Waals surface area (Å²) in [6.45, 7) is 0. The van der Waals surface area contributed by atoms with Gasteiger partial charge in [0.05, 0.1) is 8.07 Å². The number of hydrogen-bond acceptors (Lipinski definition) is 1. The molecule has 0 saturated carbocycles. The molecule has 34 heavy (non-hydrogen) atoms. The van der Waals surface area contributed by atoms with Crippen LogP contribution in [0.25, 0.3) is 5.09 Å². The van der Waals surface area contributed by atoms with Crippen LogP contribution in [0.15, 0.2) is 146 Å². The summed E-state index contributed by atoms with van der Waals surface area (Å²) >= 11 is 0. The Labute approximate surface area is 204 Å². The number of anilines is 1. The van der Waals surface area contributed by atoms with E-state index in [1.165, 1.54) is 21.2 Å². The molecule has 0 saturated heterocycles. The lowest BCUT2D eigenvalue weighted by molar-refractivity contribution is 1.67. The highest BCUT2D eigenvalue weighted by Gasteiger charge is 2.14. The van der Waals surface area contributed by atoms with Gasteiger partial charge in [-0.15, -0.1) is 13.8 Å². The van der Waals surface area contributed by atoms with Crippen LogP contribution in [0.5, 0.6) is 0 Å². The first-order valence-corrected chi connectivity index (χ1v) is 13.9. The zero-order valence-corrected chi connectivity index (χ0v) is 20.5. The third kappa shape index (κ3) is 5.37. The van der Waals surface area contributed by atoms with E-state index in [4.69, 9.17) is 5.09 Å². The van der Waals surface area contributed by atoms with Gasteiger partial charge < -0.3 is 10.2 Å². The Morgan fingerprint density at radius 1 is 0.412 bits per heavy atom. The Morgan fingerprint density at radius 3 is 1.26 bits per heavy atom. The van der Waals surface area contributed by atoms with Gasteiger partial charge in [0.15, 0.2) is 0 Å². The third-order valence-corrected chi connectivity index (χ3v) is 9.46. The summed E-state index contributed by atoms with van der Waals surface area (Å²) in [5.41, 5.74) is 2.04. The minimum atomic E-state index is -0.885. The Bertz CT molecular complexity index is 1110. The summed E-state index contributed by atoms with van der Waals surface area (Å²) in [5, 5.41) is 14.3. The van der Waals surface area contributed by atoms with E-state index in [9.17, 15) is 0 Å². The lowest BCUT2D eigenvalue weighted by atomic mass is 10.3. The summed E-state index contributed by atoms with van der Waals surface area (Å²) < 4.78 is 0. The van der Waals surface area contributed by atoms with Crippen molar-refractivity contribution in [2.75, 3.05) is 5.09 Å². The van der Waals surface area contributed by atoms with Crippen molar-refractivity contribution in [1.82, 2.24) is 0 Å². The normalized spacial score (nSPS) is 10.9. The van der Waals surface area contributed by atoms with E-state index in [0.29, 0.717) is 0 Å².